The molecule has 5 nitrogen and oxygen atoms in total. The molecule has 0 radical (unpaired) electrons. The van der Waals surface area contributed by atoms with E-state index in [2.05, 4.69) is 4.74 Å². The molecule has 0 saturated heterocycles. The lowest BCUT2D eigenvalue weighted by molar-refractivity contribution is -0.142. The maximum Gasteiger partial charge on any atom is 0.410 e. The molecule has 1 saturated carbocycles. The van der Waals surface area contributed by atoms with Crippen molar-refractivity contribution in [2.75, 3.05) is 13.7 Å². The van der Waals surface area contributed by atoms with Crippen LogP contribution in [0.15, 0.2) is 0 Å². The number of methoxy groups -OCH3 is 1. The van der Waals surface area contributed by atoms with Gasteiger partial charge < -0.3 is 9.47 Å². The minimum Gasteiger partial charge on any atom is -0.468 e. The number of esters is 1. The van der Waals surface area contributed by atoms with Crippen LogP contribution in [0.25, 0.3) is 0 Å². The zero-order valence-corrected chi connectivity index (χ0v) is 10.8. The van der Waals surface area contributed by atoms with Gasteiger partial charge in [0.15, 0.2) is 0 Å². The number of ether oxygens (including phenoxy) is 2. The molecule has 98 valence electrons. The summed E-state index contributed by atoms with van der Waals surface area (Å²) < 4.78 is 9.92. The van der Waals surface area contributed by atoms with Crippen molar-refractivity contribution >= 4 is 12.1 Å². The van der Waals surface area contributed by atoms with E-state index in [-0.39, 0.29) is 18.7 Å². The predicted molar refractivity (Wildman–Crippen MR) is 62.6 cm³/mol. The Morgan fingerprint density at radius 2 is 1.88 bits per heavy atom. The molecule has 17 heavy (non-hydrogen) atoms. The van der Waals surface area contributed by atoms with Gasteiger partial charge in [0.05, 0.1) is 7.11 Å². The normalized spacial score (nSPS) is 16.0. The first-order chi connectivity index (χ1) is 8.04. The average molecular weight is 243 g/mol. The summed E-state index contributed by atoms with van der Waals surface area (Å²) in [4.78, 5) is 24.5. The van der Waals surface area contributed by atoms with Crippen LogP contribution < -0.4 is 0 Å². The van der Waals surface area contributed by atoms with Gasteiger partial charge in [-0.05, 0) is 39.5 Å². The van der Waals surface area contributed by atoms with Crippen LogP contribution in [0.1, 0.15) is 39.5 Å². The molecule has 0 aromatic heterocycles. The predicted octanol–water partition coefficient (Wildman–Crippen LogP) is 1.95. The summed E-state index contributed by atoms with van der Waals surface area (Å²) in [6, 6.07) is -0.0806. The third kappa shape index (κ3) is 4.24. The van der Waals surface area contributed by atoms with Crippen LogP contribution in [0.3, 0.4) is 0 Å². The molecular formula is C12H21NO4. The van der Waals surface area contributed by atoms with E-state index in [9.17, 15) is 9.59 Å². The van der Waals surface area contributed by atoms with Crippen LogP contribution >= 0.6 is 0 Å². The lowest BCUT2D eigenvalue weighted by atomic mass is 10.3. The topological polar surface area (TPSA) is 55.8 Å². The SMILES string of the molecule is COC(=O)CN(C(=O)OC1CCCC1)C(C)C. The molecule has 0 aromatic rings. The lowest BCUT2D eigenvalue weighted by Crippen LogP contribution is -2.42. The third-order valence-corrected chi connectivity index (χ3v) is 2.95. The largest absolute Gasteiger partial charge is 0.468 e. The molecule has 5 heteroatoms. The van der Waals surface area contributed by atoms with Crippen molar-refractivity contribution in [2.45, 2.75) is 51.7 Å². The van der Waals surface area contributed by atoms with Gasteiger partial charge in [0.2, 0.25) is 0 Å². The second kappa shape index (κ2) is 6.47. The maximum absolute atomic E-state index is 11.9. The van der Waals surface area contributed by atoms with E-state index in [4.69, 9.17) is 4.74 Å². The van der Waals surface area contributed by atoms with E-state index in [1.54, 1.807) is 0 Å². The molecule has 1 aliphatic rings. The van der Waals surface area contributed by atoms with Crippen molar-refractivity contribution in [1.29, 1.82) is 0 Å². The van der Waals surface area contributed by atoms with E-state index >= 15 is 0 Å². The maximum atomic E-state index is 11.9. The molecule has 1 amide bonds. The van der Waals surface area contributed by atoms with Crippen molar-refractivity contribution in [3.63, 3.8) is 0 Å². The Kier molecular flexibility index (Phi) is 5.25. The summed E-state index contributed by atoms with van der Waals surface area (Å²) >= 11 is 0. The molecule has 0 unspecified atom stereocenters. The molecule has 1 aliphatic carbocycles. The van der Waals surface area contributed by atoms with Crippen molar-refractivity contribution < 1.29 is 19.1 Å². The summed E-state index contributed by atoms with van der Waals surface area (Å²) in [5, 5.41) is 0. The second-order valence-corrected chi connectivity index (χ2v) is 4.59. The molecular weight excluding hydrogens is 222 g/mol. The quantitative estimate of drug-likeness (QED) is 0.708. The van der Waals surface area contributed by atoms with Gasteiger partial charge in [-0.2, -0.15) is 0 Å². The fraction of sp³-hybridized carbons (Fsp3) is 0.833. The van der Waals surface area contributed by atoms with Crippen LogP contribution in [0.4, 0.5) is 4.79 Å². The standard InChI is InChI=1S/C12H21NO4/c1-9(2)13(8-11(14)16-3)12(15)17-10-6-4-5-7-10/h9-10H,4-8H2,1-3H3. The van der Waals surface area contributed by atoms with Crippen LogP contribution in [0.2, 0.25) is 0 Å². The van der Waals surface area contributed by atoms with E-state index in [1.807, 2.05) is 13.8 Å². The summed E-state index contributed by atoms with van der Waals surface area (Å²) in [7, 11) is 1.31. The van der Waals surface area contributed by atoms with E-state index < -0.39 is 12.1 Å². The van der Waals surface area contributed by atoms with Gasteiger partial charge in [-0.25, -0.2) is 4.79 Å². The van der Waals surface area contributed by atoms with E-state index in [1.165, 1.54) is 12.0 Å². The van der Waals surface area contributed by atoms with Crippen molar-refractivity contribution in [2.24, 2.45) is 0 Å². The fourth-order valence-corrected chi connectivity index (χ4v) is 1.88. The summed E-state index contributed by atoms with van der Waals surface area (Å²) in [5.41, 5.74) is 0. The molecule has 1 fully saturated rings. The van der Waals surface area contributed by atoms with Crippen LogP contribution in [0.5, 0.6) is 0 Å². The molecule has 0 heterocycles. The van der Waals surface area contributed by atoms with Gasteiger partial charge in [0.25, 0.3) is 0 Å². The Labute approximate surface area is 102 Å². The van der Waals surface area contributed by atoms with Crippen LogP contribution in [-0.4, -0.2) is 42.8 Å². The highest BCUT2D eigenvalue weighted by Gasteiger charge is 2.26. The Morgan fingerprint density at radius 3 is 2.35 bits per heavy atom. The Balaban J connectivity index is 2.50. The smallest absolute Gasteiger partial charge is 0.410 e. The first-order valence-electron chi connectivity index (χ1n) is 6.08. The van der Waals surface area contributed by atoms with Crippen molar-refractivity contribution in [3.05, 3.63) is 0 Å². The molecule has 0 atom stereocenters. The Hall–Kier alpha value is -1.26. The van der Waals surface area contributed by atoms with Gasteiger partial charge >= 0.3 is 12.1 Å². The molecule has 0 bridgehead atoms. The zero-order valence-electron chi connectivity index (χ0n) is 10.8. The minimum absolute atomic E-state index is 0.0152. The number of hydrogen-bond acceptors (Lipinski definition) is 4. The summed E-state index contributed by atoms with van der Waals surface area (Å²) in [6.45, 7) is 3.64. The van der Waals surface area contributed by atoms with Gasteiger partial charge in [-0.1, -0.05) is 0 Å². The summed E-state index contributed by atoms with van der Waals surface area (Å²) in [6.07, 6.45) is 3.66. The number of carbonyl (C=O) groups is 2. The third-order valence-electron chi connectivity index (χ3n) is 2.95. The minimum atomic E-state index is -0.429. The average Bonchev–Trinajstić information content (AvgIpc) is 2.77. The van der Waals surface area contributed by atoms with E-state index in [0.29, 0.717) is 0 Å². The number of amides is 1. The lowest BCUT2D eigenvalue weighted by Gasteiger charge is -2.26. The van der Waals surface area contributed by atoms with Gasteiger partial charge in [0.1, 0.15) is 12.6 Å². The van der Waals surface area contributed by atoms with Crippen LogP contribution in [0, 0.1) is 0 Å². The first kappa shape index (κ1) is 13.8. The molecule has 0 aliphatic heterocycles. The van der Waals surface area contributed by atoms with Crippen molar-refractivity contribution in [1.82, 2.24) is 4.90 Å². The molecule has 0 aromatic carbocycles. The highest BCUT2D eigenvalue weighted by molar-refractivity contribution is 5.78. The molecule has 0 N–H and O–H groups in total. The number of hydrogen-bond donors (Lipinski definition) is 0. The van der Waals surface area contributed by atoms with Crippen LogP contribution in [-0.2, 0) is 14.3 Å². The zero-order chi connectivity index (χ0) is 12.8. The van der Waals surface area contributed by atoms with Crippen molar-refractivity contribution in [3.8, 4) is 0 Å². The van der Waals surface area contributed by atoms with Gasteiger partial charge in [-0.3, -0.25) is 9.69 Å². The highest BCUT2D eigenvalue weighted by atomic mass is 16.6. The van der Waals surface area contributed by atoms with Gasteiger partial charge in [0, 0.05) is 6.04 Å². The monoisotopic (exact) mass is 243 g/mol. The number of nitrogens with zero attached hydrogens (tertiary/aromatic N) is 1. The first-order valence-corrected chi connectivity index (χ1v) is 6.08. The van der Waals surface area contributed by atoms with E-state index in [0.717, 1.165) is 25.7 Å². The fourth-order valence-electron chi connectivity index (χ4n) is 1.88. The van der Waals surface area contributed by atoms with Gasteiger partial charge in [-0.15, -0.1) is 0 Å². The highest BCUT2D eigenvalue weighted by Crippen LogP contribution is 2.22. The Morgan fingerprint density at radius 1 is 1.29 bits per heavy atom. The Bertz CT molecular complexity index is 272. The molecule has 1 rings (SSSR count). The summed E-state index contributed by atoms with van der Waals surface area (Å²) in [5.74, 6) is -0.429. The molecule has 0 spiro atoms. The number of rotatable bonds is 4. The number of carbonyl (C=O) groups excluding carboxylic acids is 2. The second-order valence-electron chi connectivity index (χ2n) is 4.59.